The lowest BCUT2D eigenvalue weighted by Gasteiger charge is -2.09. The average molecular weight is 425 g/mol. The fourth-order valence-corrected chi connectivity index (χ4v) is 2.71. The molecule has 112 valence electrons. The smallest absolute Gasteiger partial charge is 0.372 e. The summed E-state index contributed by atoms with van der Waals surface area (Å²) < 4.78 is 37.8. The Morgan fingerprint density at radius 1 is 1.14 bits per heavy atom. The van der Waals surface area contributed by atoms with Crippen LogP contribution in [0.1, 0.15) is 5.69 Å². The second kappa shape index (κ2) is 6.39. The molecule has 1 N–H and O–H groups in total. The van der Waals surface area contributed by atoms with E-state index in [0.29, 0.717) is 17.2 Å². The number of nitrogens with zero attached hydrogens (tertiary/aromatic N) is 2. The van der Waals surface area contributed by atoms with Crippen LogP contribution < -0.4 is 5.32 Å². The van der Waals surface area contributed by atoms with Gasteiger partial charge in [-0.3, -0.25) is 0 Å². The van der Waals surface area contributed by atoms with Crippen LogP contribution in [0.4, 0.5) is 19.0 Å². The number of alkyl halides is 3. The number of halogens is 4. The summed E-state index contributed by atoms with van der Waals surface area (Å²) in [5.74, 6) is 1.19. The lowest BCUT2D eigenvalue weighted by molar-refractivity contribution is -0.0328. The molecule has 0 saturated heterocycles. The number of benzene rings is 1. The summed E-state index contributed by atoms with van der Waals surface area (Å²) in [5.41, 5.74) is -2.78. The molecule has 0 aliphatic carbocycles. The third kappa shape index (κ3) is 4.22. The number of hydrogen-bond donors (Lipinski definition) is 1. The minimum atomic E-state index is -4.28. The Labute approximate surface area is 137 Å². The highest BCUT2D eigenvalue weighted by molar-refractivity contribution is 14.1. The van der Waals surface area contributed by atoms with Gasteiger partial charge in [0.05, 0.1) is 9.26 Å². The van der Waals surface area contributed by atoms with Crippen molar-refractivity contribution in [1.29, 1.82) is 0 Å². The zero-order valence-electron chi connectivity index (χ0n) is 11.1. The normalized spacial score (nSPS) is 11.5. The molecular formula is C13H11F3IN3S. The van der Waals surface area contributed by atoms with Gasteiger partial charge in [-0.25, -0.2) is 9.97 Å². The lowest BCUT2D eigenvalue weighted by Crippen LogP contribution is -2.03. The Hall–Kier alpha value is -1.03. The number of anilines is 1. The Morgan fingerprint density at radius 3 is 2.29 bits per heavy atom. The first-order chi connectivity index (χ1) is 9.80. The first-order valence-corrected chi connectivity index (χ1v) is 7.78. The molecule has 0 aliphatic heterocycles. The molecule has 0 radical (unpaired) electrons. The van der Waals surface area contributed by atoms with Crippen molar-refractivity contribution in [2.45, 2.75) is 17.3 Å². The number of hydrogen-bond acceptors (Lipinski definition) is 4. The van der Waals surface area contributed by atoms with E-state index in [9.17, 15) is 13.2 Å². The monoisotopic (exact) mass is 425 g/mol. The van der Waals surface area contributed by atoms with E-state index in [1.807, 2.05) is 6.92 Å². The topological polar surface area (TPSA) is 37.8 Å². The minimum Gasteiger partial charge on any atom is -0.372 e. The summed E-state index contributed by atoms with van der Waals surface area (Å²) >= 11 is 2.01. The largest absolute Gasteiger partial charge is 0.446 e. The van der Waals surface area contributed by atoms with Gasteiger partial charge >= 0.3 is 5.51 Å². The van der Waals surface area contributed by atoms with Gasteiger partial charge in [0.15, 0.2) is 5.82 Å². The van der Waals surface area contributed by atoms with Crippen molar-refractivity contribution in [1.82, 2.24) is 9.97 Å². The third-order valence-corrected chi connectivity index (χ3v) is 4.63. The molecule has 8 heteroatoms. The molecule has 0 fully saturated rings. The molecule has 0 bridgehead atoms. The first kappa shape index (κ1) is 16.3. The van der Waals surface area contributed by atoms with E-state index in [1.165, 1.54) is 12.1 Å². The maximum Gasteiger partial charge on any atom is 0.446 e. The predicted molar refractivity (Wildman–Crippen MR) is 86.4 cm³/mol. The number of nitrogens with one attached hydrogen (secondary N) is 1. The Morgan fingerprint density at radius 2 is 1.76 bits per heavy atom. The van der Waals surface area contributed by atoms with Crippen molar-refractivity contribution < 1.29 is 13.2 Å². The van der Waals surface area contributed by atoms with Crippen molar-refractivity contribution in [2.75, 3.05) is 12.4 Å². The molecule has 0 atom stereocenters. The van der Waals surface area contributed by atoms with Crippen LogP contribution in [0.15, 0.2) is 29.2 Å². The van der Waals surface area contributed by atoms with E-state index in [2.05, 4.69) is 37.9 Å². The summed E-state index contributed by atoms with van der Waals surface area (Å²) in [6.07, 6.45) is 0. The maximum atomic E-state index is 12.3. The van der Waals surface area contributed by atoms with E-state index < -0.39 is 5.51 Å². The van der Waals surface area contributed by atoms with Gasteiger partial charge in [-0.2, -0.15) is 13.2 Å². The lowest BCUT2D eigenvalue weighted by atomic mass is 10.2. The van der Waals surface area contributed by atoms with Gasteiger partial charge in [-0.1, -0.05) is 12.1 Å². The molecule has 2 rings (SSSR count). The number of rotatable bonds is 3. The minimum absolute atomic E-state index is 0.136. The van der Waals surface area contributed by atoms with E-state index >= 15 is 0 Å². The highest BCUT2D eigenvalue weighted by Crippen LogP contribution is 2.37. The molecule has 0 unspecified atom stereocenters. The fraction of sp³-hybridized carbons (Fsp3) is 0.231. The first-order valence-electron chi connectivity index (χ1n) is 5.88. The van der Waals surface area contributed by atoms with Crippen LogP contribution in [0.2, 0.25) is 0 Å². The Bertz CT molecular complexity index is 644. The predicted octanol–water partition coefficient (Wildman–Crippen LogP) is 4.71. The van der Waals surface area contributed by atoms with Crippen molar-refractivity contribution in [3.05, 3.63) is 33.5 Å². The van der Waals surface area contributed by atoms with Crippen LogP contribution in [0.25, 0.3) is 11.4 Å². The number of thioether (sulfide) groups is 1. The van der Waals surface area contributed by atoms with Crippen LogP contribution in [-0.4, -0.2) is 22.5 Å². The van der Waals surface area contributed by atoms with Crippen molar-refractivity contribution >= 4 is 40.2 Å². The van der Waals surface area contributed by atoms with Crippen molar-refractivity contribution in [3.63, 3.8) is 0 Å². The zero-order chi connectivity index (χ0) is 15.6. The molecular weight excluding hydrogens is 414 g/mol. The molecule has 0 aliphatic rings. The third-order valence-electron chi connectivity index (χ3n) is 2.60. The SMILES string of the molecule is CNc1nc(-c2ccc(SC(F)(F)F)cc2)nc(C)c1I. The van der Waals surface area contributed by atoms with Gasteiger partial charge in [0.25, 0.3) is 0 Å². The molecule has 2 aromatic rings. The highest BCUT2D eigenvalue weighted by atomic mass is 127. The molecule has 1 aromatic heterocycles. The number of aryl methyl sites for hydroxylation is 1. The zero-order valence-corrected chi connectivity index (χ0v) is 14.1. The summed E-state index contributed by atoms with van der Waals surface area (Å²) in [6, 6.07) is 6.02. The highest BCUT2D eigenvalue weighted by Gasteiger charge is 2.29. The standard InChI is InChI=1S/C13H11F3IN3S/c1-7-10(17)12(18-2)20-11(19-7)8-3-5-9(6-4-8)21-13(14,15)16/h3-6H,1-2H3,(H,18,19,20). The van der Waals surface area contributed by atoms with E-state index in [1.54, 1.807) is 19.2 Å². The van der Waals surface area contributed by atoms with Crippen LogP contribution in [0, 0.1) is 10.5 Å². The summed E-state index contributed by atoms with van der Waals surface area (Å²) in [6.45, 7) is 1.86. The molecule has 0 spiro atoms. The van der Waals surface area contributed by atoms with Gasteiger partial charge in [0.2, 0.25) is 0 Å². The second-order valence-corrected chi connectivity index (χ2v) is 6.33. The molecule has 0 saturated carbocycles. The van der Waals surface area contributed by atoms with Crippen LogP contribution in [-0.2, 0) is 0 Å². The van der Waals surface area contributed by atoms with Crippen LogP contribution >= 0.6 is 34.4 Å². The second-order valence-electron chi connectivity index (χ2n) is 4.12. The molecule has 1 aromatic carbocycles. The van der Waals surface area contributed by atoms with Crippen LogP contribution in [0.5, 0.6) is 0 Å². The maximum absolute atomic E-state index is 12.3. The van der Waals surface area contributed by atoms with E-state index in [4.69, 9.17) is 0 Å². The van der Waals surface area contributed by atoms with Crippen LogP contribution in [0.3, 0.4) is 0 Å². The van der Waals surface area contributed by atoms with Gasteiger partial charge in [-0.15, -0.1) is 0 Å². The van der Waals surface area contributed by atoms with Crippen molar-refractivity contribution in [3.8, 4) is 11.4 Å². The molecule has 21 heavy (non-hydrogen) atoms. The van der Waals surface area contributed by atoms with Gasteiger partial charge < -0.3 is 5.32 Å². The molecule has 1 heterocycles. The quantitative estimate of drug-likeness (QED) is 0.571. The van der Waals surface area contributed by atoms with Gasteiger partial charge in [0.1, 0.15) is 5.82 Å². The van der Waals surface area contributed by atoms with Gasteiger partial charge in [-0.05, 0) is 53.4 Å². The van der Waals surface area contributed by atoms with Crippen molar-refractivity contribution in [2.24, 2.45) is 0 Å². The average Bonchev–Trinajstić information content (AvgIpc) is 2.41. The summed E-state index contributed by atoms with van der Waals surface area (Å²) in [5, 5.41) is 2.98. The Kier molecular flexibility index (Phi) is 4.97. The Balaban J connectivity index is 2.33. The molecule has 3 nitrogen and oxygen atoms in total. The number of aromatic nitrogens is 2. The van der Waals surface area contributed by atoms with Gasteiger partial charge in [0, 0.05) is 17.5 Å². The van der Waals surface area contributed by atoms with E-state index in [0.717, 1.165) is 9.26 Å². The summed E-state index contributed by atoms with van der Waals surface area (Å²) in [4.78, 5) is 8.88. The van der Waals surface area contributed by atoms with E-state index in [-0.39, 0.29) is 16.7 Å². The summed E-state index contributed by atoms with van der Waals surface area (Å²) in [7, 11) is 1.76. The fourth-order valence-electron chi connectivity index (χ4n) is 1.66. The molecule has 0 amide bonds.